The molecule has 2 aromatic heterocycles. The van der Waals surface area contributed by atoms with E-state index >= 15 is 0 Å². The maximum absolute atomic E-state index is 13.8. The second kappa shape index (κ2) is 13.4. The highest BCUT2D eigenvalue weighted by atomic mass is 16.2. The molecular weight excluding hydrogens is 554 g/mol. The fourth-order valence-electron chi connectivity index (χ4n) is 6.60. The second-order valence-corrected chi connectivity index (χ2v) is 11.9. The van der Waals surface area contributed by atoms with Gasteiger partial charge in [0.2, 0.25) is 17.7 Å². The minimum atomic E-state index is -0.510. The van der Waals surface area contributed by atoms with Crippen molar-refractivity contribution in [2.24, 2.45) is 0 Å². The van der Waals surface area contributed by atoms with Crippen molar-refractivity contribution in [3.63, 3.8) is 0 Å². The fourth-order valence-corrected chi connectivity index (χ4v) is 6.60. The van der Waals surface area contributed by atoms with Crippen molar-refractivity contribution in [1.29, 1.82) is 0 Å². The number of piperidine rings is 1. The third-order valence-electron chi connectivity index (χ3n) is 8.88. The highest BCUT2D eigenvalue weighted by Gasteiger charge is 2.34. The molecule has 230 valence electrons. The van der Waals surface area contributed by atoms with E-state index in [1.807, 2.05) is 71.2 Å². The van der Waals surface area contributed by atoms with Gasteiger partial charge < -0.3 is 20.1 Å². The molecule has 2 aliphatic heterocycles. The summed E-state index contributed by atoms with van der Waals surface area (Å²) >= 11 is 0. The molecule has 2 atom stereocenters. The van der Waals surface area contributed by atoms with E-state index in [1.54, 1.807) is 4.90 Å². The van der Waals surface area contributed by atoms with Gasteiger partial charge in [-0.2, -0.15) is 5.10 Å². The molecule has 4 heterocycles. The van der Waals surface area contributed by atoms with Crippen LogP contribution < -0.4 is 5.32 Å². The van der Waals surface area contributed by atoms with Crippen molar-refractivity contribution < 1.29 is 14.4 Å². The van der Waals surface area contributed by atoms with Crippen LogP contribution in [0.1, 0.15) is 67.3 Å². The molecule has 0 saturated carbocycles. The van der Waals surface area contributed by atoms with Crippen LogP contribution in [0.5, 0.6) is 0 Å². The SMILES string of the molecule is Cc1nc2n(n1)CCN(C(=O)CCc1c[nH]c3ccccc13)CCCC(=O)N1CCCC[C@H]1C(=O)N[C@@H]2Cc1ccccc1. The summed E-state index contributed by atoms with van der Waals surface area (Å²) in [6, 6.07) is 17.2. The van der Waals surface area contributed by atoms with Gasteiger partial charge in [0.1, 0.15) is 17.7 Å². The molecule has 0 aliphatic carbocycles. The first kappa shape index (κ1) is 29.6. The minimum absolute atomic E-state index is 0.0216. The molecule has 0 unspecified atom stereocenters. The monoisotopic (exact) mass is 595 g/mol. The number of carbonyl (C=O) groups excluding carboxylic acids is 3. The van der Waals surface area contributed by atoms with Crippen molar-refractivity contribution in [1.82, 2.24) is 34.9 Å². The first-order valence-corrected chi connectivity index (χ1v) is 15.8. The molecule has 44 heavy (non-hydrogen) atoms. The van der Waals surface area contributed by atoms with Gasteiger partial charge in [-0.1, -0.05) is 48.5 Å². The normalized spacial score (nSPS) is 20.1. The summed E-state index contributed by atoms with van der Waals surface area (Å²) in [5.41, 5.74) is 3.25. The summed E-state index contributed by atoms with van der Waals surface area (Å²) < 4.78 is 1.85. The number of fused-ring (bicyclic) bond motifs is 3. The number of para-hydroxylation sites is 1. The molecule has 4 aromatic rings. The van der Waals surface area contributed by atoms with E-state index in [-0.39, 0.29) is 17.7 Å². The van der Waals surface area contributed by atoms with E-state index in [0.29, 0.717) is 76.4 Å². The van der Waals surface area contributed by atoms with Crippen LogP contribution in [-0.4, -0.2) is 72.9 Å². The van der Waals surface area contributed by atoms with Crippen molar-refractivity contribution in [2.75, 3.05) is 19.6 Å². The van der Waals surface area contributed by atoms with Crippen LogP contribution in [0, 0.1) is 6.92 Å². The zero-order valence-electron chi connectivity index (χ0n) is 25.4. The third-order valence-corrected chi connectivity index (χ3v) is 8.88. The smallest absolute Gasteiger partial charge is 0.243 e. The second-order valence-electron chi connectivity index (χ2n) is 11.9. The molecule has 0 radical (unpaired) electrons. The van der Waals surface area contributed by atoms with E-state index < -0.39 is 12.1 Å². The summed E-state index contributed by atoms with van der Waals surface area (Å²) in [7, 11) is 0. The Morgan fingerprint density at radius 3 is 2.64 bits per heavy atom. The molecular formula is C34H41N7O3. The minimum Gasteiger partial charge on any atom is -0.361 e. The molecule has 0 bridgehead atoms. The van der Waals surface area contributed by atoms with Crippen LogP contribution in [0.15, 0.2) is 60.8 Å². The molecule has 2 N–H and O–H groups in total. The highest BCUT2D eigenvalue weighted by Crippen LogP contribution is 2.24. The number of carbonyl (C=O) groups is 3. The maximum Gasteiger partial charge on any atom is 0.243 e. The van der Waals surface area contributed by atoms with E-state index in [4.69, 9.17) is 10.1 Å². The average Bonchev–Trinajstić information content (AvgIpc) is 3.63. The fraction of sp³-hybridized carbons (Fsp3) is 0.441. The zero-order chi connectivity index (χ0) is 30.5. The number of H-pyrrole nitrogens is 1. The van der Waals surface area contributed by atoms with E-state index in [0.717, 1.165) is 34.9 Å². The standard InChI is InChI=1S/C34H41N7O3/c1-24-36-33-29(22-25-10-3-2-4-11-25)37-34(44)30-14-7-8-19-40(30)32(43)15-9-18-39(20-21-41(33)38-24)31(42)17-16-26-23-35-28-13-6-5-12-27(26)28/h2-6,10-13,23,29-30,35H,7-9,14-22H2,1H3,(H,37,44)/t29-,30+/m1/s1. The number of amides is 3. The average molecular weight is 596 g/mol. The highest BCUT2D eigenvalue weighted by molar-refractivity contribution is 5.88. The molecule has 10 nitrogen and oxygen atoms in total. The van der Waals surface area contributed by atoms with Crippen molar-refractivity contribution >= 4 is 28.6 Å². The summed E-state index contributed by atoms with van der Waals surface area (Å²) in [5, 5.41) is 9.08. The molecule has 6 rings (SSSR count). The number of aromatic amines is 1. The Morgan fingerprint density at radius 2 is 1.77 bits per heavy atom. The number of nitrogens with zero attached hydrogens (tertiary/aromatic N) is 5. The predicted molar refractivity (Wildman–Crippen MR) is 168 cm³/mol. The van der Waals surface area contributed by atoms with Crippen LogP contribution in [0.2, 0.25) is 0 Å². The van der Waals surface area contributed by atoms with Crippen molar-refractivity contribution in [3.8, 4) is 0 Å². The molecule has 10 heteroatoms. The Labute approximate surface area is 257 Å². The Kier molecular flexibility index (Phi) is 9.04. The van der Waals surface area contributed by atoms with E-state index in [1.165, 1.54) is 0 Å². The van der Waals surface area contributed by atoms with Crippen LogP contribution in [-0.2, 0) is 33.8 Å². The zero-order valence-corrected chi connectivity index (χ0v) is 25.4. The lowest BCUT2D eigenvalue weighted by Crippen LogP contribution is -2.53. The Bertz CT molecular complexity index is 1610. The van der Waals surface area contributed by atoms with Crippen molar-refractivity contribution in [3.05, 3.63) is 83.6 Å². The van der Waals surface area contributed by atoms with Crippen LogP contribution in [0.25, 0.3) is 10.9 Å². The Morgan fingerprint density at radius 1 is 0.955 bits per heavy atom. The first-order valence-electron chi connectivity index (χ1n) is 15.8. The predicted octanol–water partition coefficient (Wildman–Crippen LogP) is 4.10. The summed E-state index contributed by atoms with van der Waals surface area (Å²) in [6.45, 7) is 3.78. The molecule has 1 saturated heterocycles. The molecule has 2 aliphatic rings. The number of hydrogen-bond acceptors (Lipinski definition) is 5. The van der Waals surface area contributed by atoms with Crippen LogP contribution in [0.3, 0.4) is 0 Å². The summed E-state index contributed by atoms with van der Waals surface area (Å²) in [6.07, 6.45) is 6.80. The molecule has 0 spiro atoms. The van der Waals surface area contributed by atoms with Crippen LogP contribution >= 0.6 is 0 Å². The van der Waals surface area contributed by atoms with Gasteiger partial charge in [-0.3, -0.25) is 14.4 Å². The Balaban J connectivity index is 1.26. The van der Waals surface area contributed by atoms with Gasteiger partial charge >= 0.3 is 0 Å². The van der Waals surface area contributed by atoms with Gasteiger partial charge in [0.05, 0.1) is 12.6 Å². The number of aromatic nitrogens is 4. The van der Waals surface area contributed by atoms with E-state index in [2.05, 4.69) is 16.4 Å². The van der Waals surface area contributed by atoms with Gasteiger partial charge in [-0.15, -0.1) is 0 Å². The summed E-state index contributed by atoms with van der Waals surface area (Å²) in [5.74, 6) is 1.17. The number of rotatable bonds is 5. The van der Waals surface area contributed by atoms with Gasteiger partial charge in [0, 0.05) is 49.6 Å². The molecule has 2 aromatic carbocycles. The number of benzene rings is 2. The molecule has 3 amide bonds. The third kappa shape index (κ3) is 6.69. The van der Waals surface area contributed by atoms with E-state index in [9.17, 15) is 14.4 Å². The quantitative estimate of drug-likeness (QED) is 0.360. The van der Waals surface area contributed by atoms with Crippen LogP contribution in [0.4, 0.5) is 0 Å². The first-order chi connectivity index (χ1) is 21.5. The lowest BCUT2D eigenvalue weighted by atomic mass is 9.99. The molecule has 1 fully saturated rings. The largest absolute Gasteiger partial charge is 0.361 e. The lowest BCUT2D eigenvalue weighted by Gasteiger charge is -2.36. The lowest BCUT2D eigenvalue weighted by molar-refractivity contribution is -0.143. The topological polar surface area (TPSA) is 116 Å². The maximum atomic E-state index is 13.8. The number of hydrogen-bond donors (Lipinski definition) is 2. The van der Waals surface area contributed by atoms with Gasteiger partial charge in [0.15, 0.2) is 0 Å². The van der Waals surface area contributed by atoms with Gasteiger partial charge in [-0.25, -0.2) is 9.67 Å². The van der Waals surface area contributed by atoms with Gasteiger partial charge in [0.25, 0.3) is 0 Å². The van der Waals surface area contributed by atoms with Gasteiger partial charge in [-0.05, 0) is 62.6 Å². The Hall–Kier alpha value is -4.47. The number of aryl methyl sites for hydroxylation is 2. The number of nitrogens with one attached hydrogen (secondary N) is 2. The van der Waals surface area contributed by atoms with Crippen molar-refractivity contribution in [2.45, 2.75) is 76.9 Å². The summed E-state index contributed by atoms with van der Waals surface area (Å²) in [4.78, 5) is 52.5.